The van der Waals surface area contributed by atoms with E-state index in [2.05, 4.69) is 31.1 Å². The summed E-state index contributed by atoms with van der Waals surface area (Å²) in [6.45, 7) is 10.3. The maximum Gasteiger partial charge on any atom is 0.126 e. The fourth-order valence-corrected chi connectivity index (χ4v) is 1.59. The molecule has 3 heteroatoms. The molecule has 3 nitrogen and oxygen atoms in total. The third-order valence-electron chi connectivity index (χ3n) is 2.40. The van der Waals surface area contributed by atoms with Crippen LogP contribution in [0.3, 0.4) is 0 Å². The monoisotopic (exact) mass is 222 g/mol. The van der Waals surface area contributed by atoms with Crippen molar-refractivity contribution in [2.75, 3.05) is 5.32 Å². The number of rotatable bonds is 3. The van der Waals surface area contributed by atoms with Crippen molar-refractivity contribution in [2.45, 2.75) is 52.7 Å². The van der Waals surface area contributed by atoms with Gasteiger partial charge in [0.25, 0.3) is 0 Å². The molecule has 1 aromatic rings. The van der Waals surface area contributed by atoms with Crippen molar-refractivity contribution in [1.29, 1.82) is 0 Å². The van der Waals surface area contributed by atoms with Crippen LogP contribution in [0.5, 0.6) is 0 Å². The molecule has 90 valence electrons. The molecule has 0 fully saturated rings. The second kappa shape index (κ2) is 4.83. The highest BCUT2D eigenvalue weighted by molar-refractivity contribution is 5.42. The van der Waals surface area contributed by atoms with Gasteiger partial charge in [-0.2, -0.15) is 0 Å². The molecule has 0 aliphatic carbocycles. The quantitative estimate of drug-likeness (QED) is 0.826. The molecule has 1 heterocycles. The van der Waals surface area contributed by atoms with Crippen molar-refractivity contribution in [1.82, 2.24) is 4.98 Å². The number of nitrogens with zero attached hydrogens (tertiary/aromatic N) is 1. The lowest BCUT2D eigenvalue weighted by atomic mass is 10.0. The first-order valence-electron chi connectivity index (χ1n) is 5.76. The summed E-state index contributed by atoms with van der Waals surface area (Å²) in [4.78, 5) is 4.32. The summed E-state index contributed by atoms with van der Waals surface area (Å²) >= 11 is 0. The van der Waals surface area contributed by atoms with Crippen LogP contribution in [0.1, 0.15) is 51.3 Å². The fraction of sp³-hybridized carbons (Fsp3) is 0.615. The maximum absolute atomic E-state index is 9.77. The predicted octanol–water partition coefficient (Wildman–Crippen LogP) is 3.04. The van der Waals surface area contributed by atoms with Gasteiger partial charge in [0.15, 0.2) is 0 Å². The van der Waals surface area contributed by atoms with Gasteiger partial charge in [0, 0.05) is 17.3 Å². The van der Waals surface area contributed by atoms with E-state index in [1.165, 1.54) is 0 Å². The van der Waals surface area contributed by atoms with Gasteiger partial charge in [0.1, 0.15) is 5.82 Å². The van der Waals surface area contributed by atoms with Crippen LogP contribution in [0.2, 0.25) is 0 Å². The first kappa shape index (κ1) is 13.0. The van der Waals surface area contributed by atoms with Crippen LogP contribution in [0.4, 0.5) is 5.82 Å². The van der Waals surface area contributed by atoms with E-state index in [1.54, 1.807) is 6.20 Å². The molecule has 1 aromatic heterocycles. The molecule has 2 N–H and O–H groups in total. The normalized spacial score (nSPS) is 13.6. The maximum atomic E-state index is 9.77. The molecule has 0 radical (unpaired) electrons. The highest BCUT2D eigenvalue weighted by Gasteiger charge is 2.13. The smallest absolute Gasteiger partial charge is 0.126 e. The van der Waals surface area contributed by atoms with E-state index in [0.717, 1.165) is 16.9 Å². The molecule has 0 saturated heterocycles. The molecule has 1 atom stereocenters. The van der Waals surface area contributed by atoms with Gasteiger partial charge in [-0.15, -0.1) is 0 Å². The number of aromatic nitrogens is 1. The Balaban J connectivity index is 2.91. The standard InChI is InChI=1S/C13H22N2O/c1-6-11(16)10-8-14-12(7-9(10)2)15-13(3,4)5/h7-8,11,16H,6H2,1-5H3,(H,14,15). The Morgan fingerprint density at radius 2 is 2.06 bits per heavy atom. The summed E-state index contributed by atoms with van der Waals surface area (Å²) in [5, 5.41) is 13.1. The molecular weight excluding hydrogens is 200 g/mol. The summed E-state index contributed by atoms with van der Waals surface area (Å²) in [7, 11) is 0. The Morgan fingerprint density at radius 3 is 2.50 bits per heavy atom. The molecule has 1 unspecified atom stereocenters. The van der Waals surface area contributed by atoms with Crippen molar-refractivity contribution in [2.24, 2.45) is 0 Å². The van der Waals surface area contributed by atoms with Crippen LogP contribution < -0.4 is 5.32 Å². The van der Waals surface area contributed by atoms with E-state index < -0.39 is 6.10 Å². The Hall–Kier alpha value is -1.09. The molecule has 0 spiro atoms. The van der Waals surface area contributed by atoms with Crippen molar-refractivity contribution in [3.63, 3.8) is 0 Å². The lowest BCUT2D eigenvalue weighted by Gasteiger charge is -2.22. The molecule has 0 amide bonds. The Labute approximate surface area is 97.9 Å². The van der Waals surface area contributed by atoms with E-state index in [-0.39, 0.29) is 5.54 Å². The number of hydrogen-bond acceptors (Lipinski definition) is 3. The molecule has 16 heavy (non-hydrogen) atoms. The zero-order valence-corrected chi connectivity index (χ0v) is 10.8. The van der Waals surface area contributed by atoms with E-state index in [4.69, 9.17) is 0 Å². The summed E-state index contributed by atoms with van der Waals surface area (Å²) in [6, 6.07) is 1.99. The van der Waals surface area contributed by atoms with E-state index in [1.807, 2.05) is 19.9 Å². The average molecular weight is 222 g/mol. The Bertz CT molecular complexity index is 355. The van der Waals surface area contributed by atoms with Gasteiger partial charge in [-0.25, -0.2) is 4.98 Å². The molecule has 0 saturated carbocycles. The molecule has 0 aromatic carbocycles. The van der Waals surface area contributed by atoms with E-state index in [0.29, 0.717) is 6.42 Å². The summed E-state index contributed by atoms with van der Waals surface area (Å²) < 4.78 is 0. The lowest BCUT2D eigenvalue weighted by molar-refractivity contribution is 0.172. The van der Waals surface area contributed by atoms with Gasteiger partial charge in [0.05, 0.1) is 6.10 Å². The second-order valence-electron chi connectivity index (χ2n) is 5.23. The number of nitrogens with one attached hydrogen (secondary N) is 1. The van der Waals surface area contributed by atoms with E-state index in [9.17, 15) is 5.11 Å². The number of aryl methyl sites for hydroxylation is 1. The Morgan fingerprint density at radius 1 is 1.44 bits per heavy atom. The number of pyridine rings is 1. The van der Waals surface area contributed by atoms with Crippen LogP contribution in [0.15, 0.2) is 12.3 Å². The first-order chi connectivity index (χ1) is 7.33. The van der Waals surface area contributed by atoms with Crippen LogP contribution in [0.25, 0.3) is 0 Å². The van der Waals surface area contributed by atoms with Crippen molar-refractivity contribution < 1.29 is 5.11 Å². The molecule has 0 aliphatic heterocycles. The molecule has 1 rings (SSSR count). The fourth-order valence-electron chi connectivity index (χ4n) is 1.59. The Kier molecular flexibility index (Phi) is 3.92. The third-order valence-corrected chi connectivity index (χ3v) is 2.40. The van der Waals surface area contributed by atoms with Gasteiger partial charge >= 0.3 is 0 Å². The minimum absolute atomic E-state index is 0.00429. The highest BCUT2D eigenvalue weighted by atomic mass is 16.3. The number of hydrogen-bond donors (Lipinski definition) is 2. The molecule has 0 aliphatic rings. The summed E-state index contributed by atoms with van der Waals surface area (Å²) in [6.07, 6.45) is 2.07. The minimum atomic E-state index is -0.406. The minimum Gasteiger partial charge on any atom is -0.388 e. The van der Waals surface area contributed by atoms with Crippen LogP contribution in [0, 0.1) is 6.92 Å². The van der Waals surface area contributed by atoms with Gasteiger partial charge in [-0.3, -0.25) is 0 Å². The van der Waals surface area contributed by atoms with Crippen molar-refractivity contribution >= 4 is 5.82 Å². The zero-order chi connectivity index (χ0) is 12.3. The molecule has 0 bridgehead atoms. The van der Waals surface area contributed by atoms with Gasteiger partial charge in [-0.1, -0.05) is 6.92 Å². The van der Waals surface area contributed by atoms with Crippen molar-refractivity contribution in [3.05, 3.63) is 23.4 Å². The van der Waals surface area contributed by atoms with Gasteiger partial charge in [0.2, 0.25) is 0 Å². The average Bonchev–Trinajstić information content (AvgIpc) is 2.14. The topological polar surface area (TPSA) is 45.2 Å². The van der Waals surface area contributed by atoms with Crippen LogP contribution >= 0.6 is 0 Å². The van der Waals surface area contributed by atoms with E-state index >= 15 is 0 Å². The second-order valence-corrected chi connectivity index (χ2v) is 5.23. The largest absolute Gasteiger partial charge is 0.388 e. The number of aliphatic hydroxyl groups is 1. The lowest BCUT2D eigenvalue weighted by Crippen LogP contribution is -2.26. The van der Waals surface area contributed by atoms with Gasteiger partial charge in [-0.05, 0) is 45.7 Å². The SMILES string of the molecule is CCC(O)c1cnc(NC(C)(C)C)cc1C. The van der Waals surface area contributed by atoms with Crippen LogP contribution in [-0.4, -0.2) is 15.6 Å². The first-order valence-corrected chi connectivity index (χ1v) is 5.76. The molecular formula is C13H22N2O. The van der Waals surface area contributed by atoms with Crippen LogP contribution in [-0.2, 0) is 0 Å². The third kappa shape index (κ3) is 3.49. The summed E-state index contributed by atoms with van der Waals surface area (Å²) in [5.74, 6) is 0.858. The number of anilines is 1. The summed E-state index contributed by atoms with van der Waals surface area (Å²) in [5.41, 5.74) is 2.00. The van der Waals surface area contributed by atoms with Crippen molar-refractivity contribution in [3.8, 4) is 0 Å². The number of aliphatic hydroxyl groups excluding tert-OH is 1. The highest BCUT2D eigenvalue weighted by Crippen LogP contribution is 2.22. The zero-order valence-electron chi connectivity index (χ0n) is 10.8. The predicted molar refractivity (Wildman–Crippen MR) is 67.6 cm³/mol. The van der Waals surface area contributed by atoms with Gasteiger partial charge < -0.3 is 10.4 Å².